The number of amides is 3. The zero-order valence-electron chi connectivity index (χ0n) is 29.4. The Morgan fingerprint density at radius 2 is 1.33 bits per heavy atom. The molecule has 0 spiro atoms. The van der Waals surface area contributed by atoms with Gasteiger partial charge in [-0.15, -0.1) is 0 Å². The molecular formula is C40H49N3O6. The molecule has 0 radical (unpaired) electrons. The van der Waals surface area contributed by atoms with Crippen molar-refractivity contribution in [3.05, 3.63) is 114 Å². The second-order valence-electron chi connectivity index (χ2n) is 14.4. The third kappa shape index (κ3) is 11.3. The Hall–Kier alpha value is -4.92. The highest BCUT2D eigenvalue weighted by Crippen LogP contribution is 2.36. The van der Waals surface area contributed by atoms with Crippen LogP contribution in [0, 0.1) is 0 Å². The van der Waals surface area contributed by atoms with Crippen molar-refractivity contribution in [1.29, 1.82) is 0 Å². The summed E-state index contributed by atoms with van der Waals surface area (Å²) < 4.78 is 11.3. The van der Waals surface area contributed by atoms with Crippen LogP contribution in [-0.2, 0) is 36.7 Å². The molecule has 49 heavy (non-hydrogen) atoms. The SMILES string of the molecule is C=Cc1cccc(C(C(=O)NC(Cc2ccccc2)C(=O)OC(C)(C)C)N(C(=O)C(Cc2ccccc2)NC(=O)OC(C)(C)C)C2CC2)c1. The topological polar surface area (TPSA) is 114 Å². The van der Waals surface area contributed by atoms with Crippen molar-refractivity contribution in [3.8, 4) is 0 Å². The maximum Gasteiger partial charge on any atom is 0.408 e. The molecule has 1 aliphatic rings. The molecule has 1 fully saturated rings. The number of esters is 1. The number of ether oxygens (including phenoxy) is 2. The van der Waals surface area contributed by atoms with Gasteiger partial charge in [0.1, 0.15) is 29.3 Å². The number of carbonyl (C=O) groups excluding carboxylic acids is 4. The van der Waals surface area contributed by atoms with Crippen molar-refractivity contribution in [2.45, 2.75) is 103 Å². The van der Waals surface area contributed by atoms with Crippen LogP contribution in [0.4, 0.5) is 4.79 Å². The molecule has 0 bridgehead atoms. The monoisotopic (exact) mass is 667 g/mol. The van der Waals surface area contributed by atoms with Gasteiger partial charge in [0.05, 0.1) is 0 Å². The number of nitrogens with one attached hydrogen (secondary N) is 2. The fourth-order valence-corrected chi connectivity index (χ4v) is 5.51. The van der Waals surface area contributed by atoms with E-state index in [9.17, 15) is 19.2 Å². The molecule has 9 heteroatoms. The van der Waals surface area contributed by atoms with E-state index in [1.165, 1.54) is 0 Å². The maximum absolute atomic E-state index is 14.8. The molecule has 260 valence electrons. The number of rotatable bonds is 13. The van der Waals surface area contributed by atoms with Crippen LogP contribution in [-0.4, -0.2) is 58.1 Å². The quantitative estimate of drug-likeness (QED) is 0.200. The number of benzene rings is 3. The van der Waals surface area contributed by atoms with Crippen molar-refractivity contribution in [2.24, 2.45) is 0 Å². The summed E-state index contributed by atoms with van der Waals surface area (Å²) in [6.07, 6.45) is 2.66. The second kappa shape index (κ2) is 16.0. The van der Waals surface area contributed by atoms with Crippen molar-refractivity contribution < 1.29 is 28.7 Å². The van der Waals surface area contributed by atoms with Gasteiger partial charge >= 0.3 is 12.1 Å². The van der Waals surface area contributed by atoms with Crippen LogP contribution in [0.2, 0.25) is 0 Å². The minimum absolute atomic E-state index is 0.178. The van der Waals surface area contributed by atoms with Gasteiger partial charge in [-0.2, -0.15) is 0 Å². The number of nitrogens with zero attached hydrogens (tertiary/aromatic N) is 1. The molecule has 1 saturated carbocycles. The molecule has 4 rings (SSSR count). The largest absolute Gasteiger partial charge is 0.458 e. The number of hydrogen-bond acceptors (Lipinski definition) is 6. The molecule has 0 heterocycles. The Kier molecular flexibility index (Phi) is 12.0. The Labute approximate surface area is 290 Å². The number of hydrogen-bond donors (Lipinski definition) is 2. The first-order chi connectivity index (χ1) is 23.1. The Morgan fingerprint density at radius 1 is 0.776 bits per heavy atom. The second-order valence-corrected chi connectivity index (χ2v) is 14.4. The van der Waals surface area contributed by atoms with E-state index in [1.54, 1.807) is 64.7 Å². The van der Waals surface area contributed by atoms with Crippen molar-refractivity contribution >= 4 is 30.0 Å². The van der Waals surface area contributed by atoms with E-state index in [0.29, 0.717) is 18.4 Å². The lowest BCUT2D eigenvalue weighted by Crippen LogP contribution is -2.56. The van der Waals surface area contributed by atoms with Gasteiger partial charge in [-0.25, -0.2) is 9.59 Å². The Morgan fingerprint density at radius 3 is 1.84 bits per heavy atom. The van der Waals surface area contributed by atoms with Crippen LogP contribution in [0.3, 0.4) is 0 Å². The van der Waals surface area contributed by atoms with Gasteiger partial charge < -0.3 is 25.0 Å². The summed E-state index contributed by atoms with van der Waals surface area (Å²) in [6, 6.07) is 22.5. The van der Waals surface area contributed by atoms with Gasteiger partial charge in [-0.05, 0) is 82.7 Å². The summed E-state index contributed by atoms with van der Waals surface area (Å²) in [5.41, 5.74) is 1.40. The first-order valence-electron chi connectivity index (χ1n) is 16.8. The minimum atomic E-state index is -1.13. The lowest BCUT2D eigenvalue weighted by Gasteiger charge is -2.35. The van der Waals surface area contributed by atoms with Crippen LogP contribution in [0.5, 0.6) is 0 Å². The average molecular weight is 668 g/mol. The molecule has 0 saturated heterocycles. The van der Waals surface area contributed by atoms with E-state index >= 15 is 0 Å². The van der Waals surface area contributed by atoms with E-state index in [2.05, 4.69) is 17.2 Å². The summed E-state index contributed by atoms with van der Waals surface area (Å²) >= 11 is 0. The van der Waals surface area contributed by atoms with Gasteiger partial charge in [0.15, 0.2) is 0 Å². The minimum Gasteiger partial charge on any atom is -0.458 e. The van der Waals surface area contributed by atoms with Crippen LogP contribution in [0.15, 0.2) is 91.5 Å². The number of carbonyl (C=O) groups is 4. The molecule has 3 amide bonds. The van der Waals surface area contributed by atoms with Crippen molar-refractivity contribution in [3.63, 3.8) is 0 Å². The van der Waals surface area contributed by atoms with E-state index in [-0.39, 0.29) is 18.9 Å². The lowest BCUT2D eigenvalue weighted by molar-refractivity contribution is -0.159. The zero-order chi connectivity index (χ0) is 35.8. The normalized spacial score (nSPS) is 14.8. The van der Waals surface area contributed by atoms with E-state index in [1.807, 2.05) is 72.8 Å². The maximum atomic E-state index is 14.8. The van der Waals surface area contributed by atoms with Gasteiger partial charge in [-0.3, -0.25) is 9.59 Å². The van der Waals surface area contributed by atoms with Crippen LogP contribution in [0.1, 0.15) is 82.7 Å². The third-order valence-corrected chi connectivity index (χ3v) is 7.75. The molecule has 0 aliphatic heterocycles. The van der Waals surface area contributed by atoms with E-state index in [0.717, 1.165) is 16.7 Å². The van der Waals surface area contributed by atoms with Gasteiger partial charge in [0.25, 0.3) is 0 Å². The van der Waals surface area contributed by atoms with Gasteiger partial charge in [0.2, 0.25) is 11.8 Å². The molecule has 0 aromatic heterocycles. The molecule has 3 aromatic carbocycles. The average Bonchev–Trinajstić information content (AvgIpc) is 3.87. The summed E-state index contributed by atoms with van der Waals surface area (Å²) in [5, 5.41) is 5.75. The van der Waals surface area contributed by atoms with E-state index in [4.69, 9.17) is 9.47 Å². The van der Waals surface area contributed by atoms with Gasteiger partial charge in [-0.1, -0.05) is 91.5 Å². The standard InChI is InChI=1S/C40H49N3O6/c1-8-27-20-15-21-30(24-27)34(35(44)41-33(37(46)48-39(2,3)4)26-29-18-13-10-14-19-29)43(31-22-23-31)36(45)32(25-28-16-11-9-12-17-28)42-38(47)49-40(5,6)7/h8-21,24,31-34H,1,22-23,25-26H2,2-7H3,(H,41,44)(H,42,47). The Bertz CT molecular complexity index is 1610. The predicted octanol–water partition coefficient (Wildman–Crippen LogP) is 6.57. The molecule has 2 N–H and O–H groups in total. The first-order valence-corrected chi connectivity index (χ1v) is 16.8. The molecule has 9 nitrogen and oxygen atoms in total. The van der Waals surface area contributed by atoms with E-state index < -0.39 is 53.2 Å². The summed E-state index contributed by atoms with van der Waals surface area (Å²) in [5.74, 6) is -1.55. The fraction of sp³-hybridized carbons (Fsp3) is 0.400. The summed E-state index contributed by atoms with van der Waals surface area (Å²) in [7, 11) is 0. The molecule has 1 aliphatic carbocycles. The predicted molar refractivity (Wildman–Crippen MR) is 190 cm³/mol. The van der Waals surface area contributed by atoms with Crippen molar-refractivity contribution in [2.75, 3.05) is 0 Å². The highest BCUT2D eigenvalue weighted by Gasteiger charge is 2.45. The molecular weight excluding hydrogens is 618 g/mol. The molecule has 3 unspecified atom stereocenters. The lowest BCUT2D eigenvalue weighted by atomic mass is 9.97. The Balaban J connectivity index is 1.76. The fourth-order valence-electron chi connectivity index (χ4n) is 5.51. The van der Waals surface area contributed by atoms with Gasteiger partial charge in [0, 0.05) is 18.9 Å². The van der Waals surface area contributed by atoms with Crippen molar-refractivity contribution in [1.82, 2.24) is 15.5 Å². The number of alkyl carbamates (subject to hydrolysis) is 1. The highest BCUT2D eigenvalue weighted by molar-refractivity contribution is 5.94. The molecule has 3 aromatic rings. The molecule has 3 atom stereocenters. The smallest absolute Gasteiger partial charge is 0.408 e. The zero-order valence-corrected chi connectivity index (χ0v) is 29.4. The summed E-state index contributed by atoms with van der Waals surface area (Å²) in [6.45, 7) is 14.5. The summed E-state index contributed by atoms with van der Waals surface area (Å²) in [4.78, 5) is 57.6. The van der Waals surface area contributed by atoms with Crippen LogP contribution >= 0.6 is 0 Å². The highest BCUT2D eigenvalue weighted by atomic mass is 16.6. The first kappa shape index (κ1) is 36.9. The van der Waals surface area contributed by atoms with Crippen LogP contribution in [0.25, 0.3) is 6.08 Å². The third-order valence-electron chi connectivity index (χ3n) is 7.75. The van der Waals surface area contributed by atoms with Crippen LogP contribution < -0.4 is 10.6 Å².